The fourth-order valence-corrected chi connectivity index (χ4v) is 3.04. The van der Waals surface area contributed by atoms with E-state index in [1.807, 2.05) is 0 Å². The van der Waals surface area contributed by atoms with Crippen LogP contribution < -0.4 is 5.56 Å². The zero-order valence-corrected chi connectivity index (χ0v) is 13.7. The predicted molar refractivity (Wildman–Crippen MR) is 86.0 cm³/mol. The van der Waals surface area contributed by atoms with Crippen LogP contribution in [0, 0.1) is 5.92 Å². The molecule has 2 heterocycles. The molecule has 0 bridgehead atoms. The van der Waals surface area contributed by atoms with Crippen molar-refractivity contribution in [3.8, 4) is 0 Å². The van der Waals surface area contributed by atoms with Gasteiger partial charge < -0.3 is 10.0 Å². The summed E-state index contributed by atoms with van der Waals surface area (Å²) in [5.74, 6) is -1.69. The minimum Gasteiger partial charge on any atom is -0.481 e. The number of carbonyl (C=O) groups is 2. The maximum atomic E-state index is 12.4. The Morgan fingerprint density at radius 3 is 2.87 bits per heavy atom. The lowest BCUT2D eigenvalue weighted by Gasteiger charge is -2.16. The number of rotatable bonds is 3. The fourth-order valence-electron chi connectivity index (χ4n) is 2.68. The standard InChI is InChI=1S/C15H14BrN3O4/c16-10-1-2-12-11(5-10)14(21)19(8-17-12)7-13(20)18-4-3-9(6-18)15(22)23/h1-2,5,8-9H,3-4,6-7H2,(H,22,23). The Morgan fingerprint density at radius 1 is 1.39 bits per heavy atom. The van der Waals surface area contributed by atoms with Crippen LogP contribution in [-0.2, 0) is 16.1 Å². The van der Waals surface area contributed by atoms with Gasteiger partial charge in [0.25, 0.3) is 5.56 Å². The molecule has 0 saturated carbocycles. The van der Waals surface area contributed by atoms with Gasteiger partial charge in [-0.05, 0) is 24.6 Å². The number of nitrogens with zero attached hydrogens (tertiary/aromatic N) is 3. The lowest BCUT2D eigenvalue weighted by atomic mass is 10.1. The van der Waals surface area contributed by atoms with E-state index >= 15 is 0 Å². The van der Waals surface area contributed by atoms with E-state index in [4.69, 9.17) is 5.11 Å². The van der Waals surface area contributed by atoms with Crippen LogP contribution in [0.25, 0.3) is 10.9 Å². The van der Waals surface area contributed by atoms with Crippen molar-refractivity contribution in [2.24, 2.45) is 5.92 Å². The quantitative estimate of drug-likeness (QED) is 0.861. The molecule has 1 aliphatic rings. The summed E-state index contributed by atoms with van der Waals surface area (Å²) in [7, 11) is 0. The van der Waals surface area contributed by atoms with Crippen molar-refractivity contribution in [2.45, 2.75) is 13.0 Å². The third kappa shape index (κ3) is 3.12. The van der Waals surface area contributed by atoms with Gasteiger partial charge in [-0.25, -0.2) is 4.98 Å². The number of carboxylic acid groups (broad SMARTS) is 1. The fraction of sp³-hybridized carbons (Fsp3) is 0.333. The molecule has 120 valence electrons. The van der Waals surface area contributed by atoms with Crippen molar-refractivity contribution in [2.75, 3.05) is 13.1 Å². The summed E-state index contributed by atoms with van der Waals surface area (Å²) in [6.07, 6.45) is 1.79. The first-order valence-electron chi connectivity index (χ1n) is 7.11. The molecule has 23 heavy (non-hydrogen) atoms. The highest BCUT2D eigenvalue weighted by atomic mass is 79.9. The lowest BCUT2D eigenvalue weighted by molar-refractivity contribution is -0.141. The van der Waals surface area contributed by atoms with Gasteiger partial charge in [-0.1, -0.05) is 15.9 Å². The number of benzene rings is 1. The van der Waals surface area contributed by atoms with Crippen LogP contribution in [0.2, 0.25) is 0 Å². The lowest BCUT2D eigenvalue weighted by Crippen LogP contribution is -2.35. The molecule has 1 unspecified atom stereocenters. The summed E-state index contributed by atoms with van der Waals surface area (Å²) in [5.41, 5.74) is 0.271. The maximum absolute atomic E-state index is 12.4. The molecule has 1 aliphatic heterocycles. The number of fused-ring (bicyclic) bond motifs is 1. The Morgan fingerprint density at radius 2 is 2.17 bits per heavy atom. The van der Waals surface area contributed by atoms with E-state index in [-0.39, 0.29) is 24.6 Å². The van der Waals surface area contributed by atoms with Crippen LogP contribution >= 0.6 is 15.9 Å². The zero-order valence-electron chi connectivity index (χ0n) is 12.1. The molecule has 1 amide bonds. The smallest absolute Gasteiger partial charge is 0.308 e. The molecule has 1 saturated heterocycles. The van der Waals surface area contributed by atoms with Crippen molar-refractivity contribution in [1.82, 2.24) is 14.5 Å². The van der Waals surface area contributed by atoms with E-state index in [0.29, 0.717) is 23.9 Å². The van der Waals surface area contributed by atoms with Crippen molar-refractivity contribution >= 4 is 38.7 Å². The summed E-state index contributed by atoms with van der Waals surface area (Å²) in [6.45, 7) is 0.452. The third-order valence-electron chi connectivity index (χ3n) is 3.98. The Hall–Kier alpha value is -2.22. The van der Waals surface area contributed by atoms with Gasteiger partial charge in [0, 0.05) is 17.6 Å². The van der Waals surface area contributed by atoms with Gasteiger partial charge in [0.2, 0.25) is 5.91 Å². The van der Waals surface area contributed by atoms with Crippen LogP contribution in [-0.4, -0.2) is 44.5 Å². The molecule has 1 fully saturated rings. The predicted octanol–water partition coefficient (Wildman–Crippen LogP) is 1.09. The first kappa shape index (κ1) is 15.7. The summed E-state index contributed by atoms with van der Waals surface area (Å²) >= 11 is 3.31. The normalized spacial score (nSPS) is 17.6. The minimum atomic E-state index is -0.894. The molecule has 1 aromatic carbocycles. The van der Waals surface area contributed by atoms with Gasteiger partial charge in [-0.3, -0.25) is 19.0 Å². The number of hydrogen-bond donors (Lipinski definition) is 1. The van der Waals surface area contributed by atoms with Crippen molar-refractivity contribution in [3.63, 3.8) is 0 Å². The molecule has 0 spiro atoms. The number of likely N-dealkylation sites (tertiary alicyclic amines) is 1. The number of aromatic nitrogens is 2. The van der Waals surface area contributed by atoms with Crippen molar-refractivity contribution in [3.05, 3.63) is 39.4 Å². The molecule has 1 aromatic heterocycles. The molecule has 1 N–H and O–H groups in total. The first-order chi connectivity index (χ1) is 11.0. The molecular weight excluding hydrogens is 366 g/mol. The highest BCUT2D eigenvalue weighted by Gasteiger charge is 2.30. The monoisotopic (exact) mass is 379 g/mol. The number of amides is 1. The number of carboxylic acids is 1. The molecule has 1 atom stereocenters. The van der Waals surface area contributed by atoms with Crippen molar-refractivity contribution in [1.29, 1.82) is 0 Å². The van der Waals surface area contributed by atoms with E-state index in [9.17, 15) is 14.4 Å². The highest BCUT2D eigenvalue weighted by molar-refractivity contribution is 9.10. The van der Waals surface area contributed by atoms with Gasteiger partial charge >= 0.3 is 5.97 Å². The average molecular weight is 380 g/mol. The topological polar surface area (TPSA) is 92.5 Å². The molecule has 0 radical (unpaired) electrons. The largest absolute Gasteiger partial charge is 0.481 e. The SMILES string of the molecule is O=C(O)C1CCN(C(=O)Cn2cnc3ccc(Br)cc3c2=O)C1. The van der Waals surface area contributed by atoms with Crippen LogP contribution in [0.1, 0.15) is 6.42 Å². The second-order valence-corrected chi connectivity index (χ2v) is 6.42. The van der Waals surface area contributed by atoms with Gasteiger partial charge in [0.05, 0.1) is 23.1 Å². The highest BCUT2D eigenvalue weighted by Crippen LogP contribution is 2.17. The van der Waals surface area contributed by atoms with E-state index < -0.39 is 11.9 Å². The molecule has 2 aromatic rings. The van der Waals surface area contributed by atoms with Gasteiger partial charge in [0.15, 0.2) is 0 Å². The van der Waals surface area contributed by atoms with Gasteiger partial charge in [-0.15, -0.1) is 0 Å². The Balaban J connectivity index is 1.82. The summed E-state index contributed by atoms with van der Waals surface area (Å²) in [5, 5.41) is 9.41. The molecular formula is C15H14BrN3O4. The van der Waals surface area contributed by atoms with E-state index in [1.165, 1.54) is 15.8 Å². The number of halogens is 1. The molecule has 7 nitrogen and oxygen atoms in total. The zero-order chi connectivity index (χ0) is 16.6. The average Bonchev–Trinajstić information content (AvgIpc) is 3.01. The number of aliphatic carboxylic acids is 1. The summed E-state index contributed by atoms with van der Waals surface area (Å²) in [6, 6.07) is 5.19. The van der Waals surface area contributed by atoms with Crippen LogP contribution in [0.4, 0.5) is 0 Å². The van der Waals surface area contributed by atoms with Crippen LogP contribution in [0.15, 0.2) is 33.8 Å². The first-order valence-corrected chi connectivity index (χ1v) is 7.90. The third-order valence-corrected chi connectivity index (χ3v) is 4.48. The van der Waals surface area contributed by atoms with E-state index in [2.05, 4.69) is 20.9 Å². The Bertz CT molecular complexity index is 848. The molecule has 8 heteroatoms. The second-order valence-electron chi connectivity index (χ2n) is 5.50. The summed E-state index contributed by atoms with van der Waals surface area (Å²) < 4.78 is 2.02. The van der Waals surface area contributed by atoms with E-state index in [0.717, 1.165) is 4.47 Å². The molecule has 3 rings (SSSR count). The number of hydrogen-bond acceptors (Lipinski definition) is 4. The summed E-state index contributed by atoms with van der Waals surface area (Å²) in [4.78, 5) is 41.3. The van der Waals surface area contributed by atoms with Gasteiger partial charge in [-0.2, -0.15) is 0 Å². The Labute approximate surface area is 139 Å². The van der Waals surface area contributed by atoms with Crippen LogP contribution in [0.5, 0.6) is 0 Å². The van der Waals surface area contributed by atoms with Crippen molar-refractivity contribution < 1.29 is 14.7 Å². The van der Waals surface area contributed by atoms with E-state index in [1.54, 1.807) is 18.2 Å². The number of carbonyl (C=O) groups excluding carboxylic acids is 1. The maximum Gasteiger partial charge on any atom is 0.308 e. The van der Waals surface area contributed by atoms with Crippen LogP contribution in [0.3, 0.4) is 0 Å². The Kier molecular flexibility index (Phi) is 4.16. The van der Waals surface area contributed by atoms with Gasteiger partial charge in [0.1, 0.15) is 6.54 Å². The second kappa shape index (κ2) is 6.11. The molecule has 0 aliphatic carbocycles. The minimum absolute atomic E-state index is 0.138.